The van der Waals surface area contributed by atoms with Gasteiger partial charge in [-0.3, -0.25) is 4.79 Å². The molecule has 1 atom stereocenters. The third kappa shape index (κ3) is 11.1. The first-order valence-electron chi connectivity index (χ1n) is 14.0. The van der Waals surface area contributed by atoms with Crippen molar-refractivity contribution in [2.75, 3.05) is 46.9 Å². The van der Waals surface area contributed by atoms with Crippen molar-refractivity contribution in [2.24, 2.45) is 5.41 Å². The summed E-state index contributed by atoms with van der Waals surface area (Å²) in [5.74, 6) is 0.813. The van der Waals surface area contributed by atoms with Gasteiger partial charge in [0.15, 0.2) is 6.29 Å². The highest BCUT2D eigenvalue weighted by Gasteiger charge is 2.18. The van der Waals surface area contributed by atoms with Gasteiger partial charge in [-0.05, 0) is 68.6 Å². The van der Waals surface area contributed by atoms with Crippen molar-refractivity contribution in [2.45, 2.75) is 65.1 Å². The average molecular weight is 526 g/mol. The molecule has 0 bridgehead atoms. The minimum atomic E-state index is -0.310. The van der Waals surface area contributed by atoms with E-state index in [0.29, 0.717) is 19.6 Å². The Labute approximate surface area is 228 Å². The quantitative estimate of drug-likeness (QED) is 0.172. The fourth-order valence-electron chi connectivity index (χ4n) is 4.87. The number of fused-ring (bicyclic) bond motifs is 1. The van der Waals surface area contributed by atoms with Gasteiger partial charge in [0.1, 0.15) is 12.4 Å². The highest BCUT2D eigenvalue weighted by molar-refractivity contribution is 5.88. The van der Waals surface area contributed by atoms with Crippen molar-refractivity contribution in [3.63, 3.8) is 0 Å². The third-order valence-electron chi connectivity index (χ3n) is 6.60. The summed E-state index contributed by atoms with van der Waals surface area (Å²) in [5.41, 5.74) is 3.94. The van der Waals surface area contributed by atoms with Gasteiger partial charge in [-0.1, -0.05) is 56.3 Å². The van der Waals surface area contributed by atoms with E-state index in [4.69, 9.17) is 14.3 Å². The van der Waals surface area contributed by atoms with Gasteiger partial charge in [-0.25, -0.2) is 10.3 Å². The molecule has 1 amide bonds. The smallest absolute Gasteiger partial charge is 0.243 e. The first-order valence-corrected chi connectivity index (χ1v) is 14.0. The number of allylic oxidation sites excluding steroid dienone is 1. The normalized spacial score (nSPS) is 16.7. The van der Waals surface area contributed by atoms with Gasteiger partial charge < -0.3 is 19.7 Å². The number of hydrogen-bond donors (Lipinski definition) is 2. The van der Waals surface area contributed by atoms with Crippen molar-refractivity contribution in [3.8, 4) is 5.75 Å². The summed E-state index contributed by atoms with van der Waals surface area (Å²) in [6, 6.07) is 14.5. The third-order valence-corrected chi connectivity index (χ3v) is 6.60. The van der Waals surface area contributed by atoms with Gasteiger partial charge in [0.2, 0.25) is 5.91 Å². The molecule has 1 aliphatic heterocycles. The number of carbonyl (C=O) groups is 1. The zero-order valence-electron chi connectivity index (χ0n) is 23.8. The van der Waals surface area contributed by atoms with Gasteiger partial charge in [-0.15, -0.1) is 0 Å². The summed E-state index contributed by atoms with van der Waals surface area (Å²) < 4.78 is 11.8. The number of hydroxylamine groups is 1. The molecule has 0 aliphatic carbocycles. The maximum Gasteiger partial charge on any atom is 0.243 e. The second-order valence-electron chi connectivity index (χ2n) is 11.3. The lowest BCUT2D eigenvalue weighted by Gasteiger charge is -2.28. The Morgan fingerprint density at radius 3 is 2.74 bits per heavy atom. The van der Waals surface area contributed by atoms with E-state index in [-0.39, 0.29) is 17.6 Å². The Kier molecular flexibility index (Phi) is 12.5. The monoisotopic (exact) mass is 525 g/mol. The summed E-state index contributed by atoms with van der Waals surface area (Å²) >= 11 is 0. The van der Waals surface area contributed by atoms with Gasteiger partial charge in [0, 0.05) is 44.5 Å². The fourth-order valence-corrected chi connectivity index (χ4v) is 4.87. The number of benzene rings is 2. The minimum Gasteiger partial charge on any atom is -0.489 e. The molecule has 0 spiro atoms. The molecule has 0 aromatic heterocycles. The van der Waals surface area contributed by atoms with Crippen LogP contribution in [0, 0.1) is 5.41 Å². The second-order valence-corrected chi connectivity index (χ2v) is 11.3. The van der Waals surface area contributed by atoms with Crippen molar-refractivity contribution in [3.05, 3.63) is 54.1 Å². The Hall–Kier alpha value is -2.45. The minimum absolute atomic E-state index is 0.0903. The lowest BCUT2D eigenvalue weighted by atomic mass is 9.93. The largest absolute Gasteiger partial charge is 0.489 e. The summed E-state index contributed by atoms with van der Waals surface area (Å²) in [7, 11) is 4.22. The zero-order valence-corrected chi connectivity index (χ0v) is 23.8. The highest BCUT2D eigenvalue weighted by atomic mass is 16.8. The molecule has 1 saturated heterocycles. The topological polar surface area (TPSA) is 72.1 Å². The Morgan fingerprint density at radius 1 is 1.13 bits per heavy atom. The molecule has 210 valence electrons. The van der Waals surface area contributed by atoms with Crippen molar-refractivity contribution >= 4 is 16.7 Å². The zero-order chi connectivity index (χ0) is 27.2. The van der Waals surface area contributed by atoms with E-state index >= 15 is 0 Å². The summed E-state index contributed by atoms with van der Waals surface area (Å²) in [5, 5.41) is 5.95. The molecule has 2 N–H and O–H groups in total. The molecule has 1 fully saturated rings. The second kappa shape index (κ2) is 15.8. The predicted octanol–water partition coefficient (Wildman–Crippen LogP) is 5.46. The number of hydrogen-bond acceptors (Lipinski definition) is 6. The van der Waals surface area contributed by atoms with E-state index in [0.717, 1.165) is 69.3 Å². The maximum atomic E-state index is 12.1. The molecule has 1 unspecified atom stereocenters. The van der Waals surface area contributed by atoms with E-state index in [2.05, 4.69) is 67.9 Å². The van der Waals surface area contributed by atoms with Crippen LogP contribution in [-0.2, 0) is 14.4 Å². The molecule has 7 nitrogen and oxygen atoms in total. The van der Waals surface area contributed by atoms with E-state index in [9.17, 15) is 4.79 Å². The van der Waals surface area contributed by atoms with Crippen LogP contribution in [0.4, 0.5) is 0 Å². The molecule has 2 aromatic carbocycles. The average Bonchev–Trinajstić information content (AvgIpc) is 2.89. The fraction of sp³-hybridized carbons (Fsp3) is 0.581. The van der Waals surface area contributed by atoms with Crippen molar-refractivity contribution in [1.82, 2.24) is 15.7 Å². The molecule has 3 rings (SSSR count). The Morgan fingerprint density at radius 2 is 1.95 bits per heavy atom. The van der Waals surface area contributed by atoms with Crippen molar-refractivity contribution < 1.29 is 19.1 Å². The molecule has 0 saturated carbocycles. The molecule has 1 aliphatic rings. The number of ether oxygens (including phenoxy) is 2. The van der Waals surface area contributed by atoms with Crippen LogP contribution in [0.25, 0.3) is 10.8 Å². The Bertz CT molecular complexity index is 1010. The van der Waals surface area contributed by atoms with E-state index in [1.54, 1.807) is 0 Å². The number of carbonyl (C=O) groups excluding carboxylic acids is 1. The molecule has 7 heteroatoms. The molecular formula is C31H47N3O4. The molecule has 2 aromatic rings. The van der Waals surface area contributed by atoms with Gasteiger partial charge in [0.25, 0.3) is 0 Å². The van der Waals surface area contributed by atoms with Crippen LogP contribution in [0.1, 0.15) is 58.8 Å². The van der Waals surface area contributed by atoms with E-state index in [1.807, 2.05) is 24.3 Å². The molecule has 1 heterocycles. The summed E-state index contributed by atoms with van der Waals surface area (Å²) in [6.07, 6.45) is 7.98. The lowest BCUT2D eigenvalue weighted by molar-refractivity contribution is -0.200. The predicted molar refractivity (Wildman–Crippen MR) is 154 cm³/mol. The summed E-state index contributed by atoms with van der Waals surface area (Å²) in [6.45, 7) is 8.51. The van der Waals surface area contributed by atoms with Crippen LogP contribution in [0.5, 0.6) is 5.75 Å². The van der Waals surface area contributed by atoms with Crippen LogP contribution >= 0.6 is 0 Å². The van der Waals surface area contributed by atoms with Crippen LogP contribution in [0.3, 0.4) is 0 Å². The molecule has 0 radical (unpaired) electrons. The van der Waals surface area contributed by atoms with Crippen molar-refractivity contribution in [1.29, 1.82) is 0 Å². The standard InChI is InChI=1S/C31H47N3O4/c1-31(2,24-34(3)4)23-32-21-25(22-37-28-17-12-15-26-14-8-9-16-27(26)28)13-6-5-7-18-29(35)33-38-30-19-10-11-20-36-30/h8-9,12-17,30,32H,5-7,10-11,18-24H2,1-4H3,(H,33,35)/b25-13-. The highest BCUT2D eigenvalue weighted by Crippen LogP contribution is 2.25. The van der Waals surface area contributed by atoms with E-state index < -0.39 is 0 Å². The number of nitrogens with zero attached hydrogens (tertiary/aromatic N) is 1. The molecular weight excluding hydrogens is 478 g/mol. The van der Waals surface area contributed by atoms with Crippen LogP contribution in [-0.4, -0.2) is 64.0 Å². The molecule has 38 heavy (non-hydrogen) atoms. The van der Waals surface area contributed by atoms with Gasteiger partial charge in [-0.2, -0.15) is 0 Å². The lowest BCUT2D eigenvalue weighted by Crippen LogP contribution is -2.38. The first kappa shape index (κ1) is 30.1. The SMILES string of the molecule is CN(C)CC(C)(C)CNC/C(=C/CCCCC(=O)NOC1CCCCO1)COc1cccc2ccccc12. The number of amides is 1. The van der Waals surface area contributed by atoms with E-state index in [1.165, 1.54) is 11.0 Å². The number of rotatable bonds is 16. The van der Waals surface area contributed by atoms with Crippen LogP contribution in [0.15, 0.2) is 54.1 Å². The number of nitrogens with one attached hydrogen (secondary N) is 2. The number of unbranched alkanes of at least 4 members (excludes halogenated alkanes) is 2. The van der Waals surface area contributed by atoms with Gasteiger partial charge >= 0.3 is 0 Å². The summed E-state index contributed by atoms with van der Waals surface area (Å²) in [4.78, 5) is 19.7. The van der Waals surface area contributed by atoms with Gasteiger partial charge in [0.05, 0.1) is 0 Å². The maximum absolute atomic E-state index is 12.1. The van der Waals surface area contributed by atoms with Crippen LogP contribution in [0.2, 0.25) is 0 Å². The Balaban J connectivity index is 1.48. The first-order chi connectivity index (χ1) is 18.3. The van der Waals surface area contributed by atoms with Crippen LogP contribution < -0.4 is 15.5 Å².